The number of ether oxygens (including phenoxy) is 1. The lowest BCUT2D eigenvalue weighted by molar-refractivity contribution is -0.143. The second-order valence-corrected chi connectivity index (χ2v) is 5.71. The van der Waals surface area contributed by atoms with Gasteiger partial charge in [0.2, 0.25) is 0 Å². The number of hydrogen-bond acceptors (Lipinski definition) is 4. The van der Waals surface area contributed by atoms with E-state index in [1.165, 1.54) is 0 Å². The Balaban J connectivity index is 1.97. The number of rotatable bonds is 4. The molecule has 1 spiro atoms. The van der Waals surface area contributed by atoms with Crippen LogP contribution >= 0.6 is 0 Å². The zero-order valence-corrected chi connectivity index (χ0v) is 12.1. The van der Waals surface area contributed by atoms with Gasteiger partial charge in [-0.05, 0) is 38.5 Å². The number of amides is 3. The number of urea groups is 1. The minimum atomic E-state index is -0.724. The van der Waals surface area contributed by atoms with Gasteiger partial charge in [0.05, 0.1) is 13.0 Å². The lowest BCUT2D eigenvalue weighted by Gasteiger charge is -2.33. The summed E-state index contributed by atoms with van der Waals surface area (Å²) in [7, 11) is 0. The Labute approximate surface area is 118 Å². The molecule has 6 heteroatoms. The van der Waals surface area contributed by atoms with Crippen molar-refractivity contribution < 1.29 is 19.1 Å². The highest BCUT2D eigenvalue weighted by Gasteiger charge is 2.51. The topological polar surface area (TPSA) is 75.7 Å². The minimum absolute atomic E-state index is 0.0550. The van der Waals surface area contributed by atoms with E-state index in [0.717, 1.165) is 17.7 Å². The summed E-state index contributed by atoms with van der Waals surface area (Å²) in [6.07, 6.45) is 3.32. The van der Waals surface area contributed by atoms with Gasteiger partial charge in [-0.2, -0.15) is 0 Å². The van der Waals surface area contributed by atoms with Crippen molar-refractivity contribution in [1.82, 2.24) is 10.2 Å². The second kappa shape index (κ2) is 5.81. The largest absolute Gasteiger partial charge is 0.466 e. The van der Waals surface area contributed by atoms with Gasteiger partial charge in [-0.3, -0.25) is 14.5 Å². The highest BCUT2D eigenvalue weighted by atomic mass is 16.5. The van der Waals surface area contributed by atoms with Crippen LogP contribution in [0.2, 0.25) is 0 Å². The number of carbonyl (C=O) groups is 3. The molecule has 1 N–H and O–H groups in total. The normalized spacial score (nSPS) is 29.7. The average molecular weight is 282 g/mol. The molecule has 2 aliphatic rings. The van der Waals surface area contributed by atoms with Gasteiger partial charge in [0, 0.05) is 6.54 Å². The van der Waals surface area contributed by atoms with E-state index in [-0.39, 0.29) is 30.9 Å². The molecule has 0 aromatic heterocycles. The first kappa shape index (κ1) is 14.8. The highest BCUT2D eigenvalue weighted by molar-refractivity contribution is 6.07. The van der Waals surface area contributed by atoms with Crippen LogP contribution in [0, 0.1) is 5.92 Å². The number of carbonyl (C=O) groups excluding carboxylic acids is 3. The predicted molar refractivity (Wildman–Crippen MR) is 71.9 cm³/mol. The molecule has 0 aromatic carbocycles. The van der Waals surface area contributed by atoms with Crippen molar-refractivity contribution >= 4 is 17.9 Å². The number of esters is 1. The van der Waals surface area contributed by atoms with E-state index in [1.807, 2.05) is 0 Å². The first-order chi connectivity index (χ1) is 9.48. The fourth-order valence-electron chi connectivity index (χ4n) is 2.91. The van der Waals surface area contributed by atoms with E-state index in [4.69, 9.17) is 4.74 Å². The van der Waals surface area contributed by atoms with Gasteiger partial charge in [-0.1, -0.05) is 6.92 Å². The van der Waals surface area contributed by atoms with Crippen LogP contribution in [0.4, 0.5) is 4.79 Å². The van der Waals surface area contributed by atoms with E-state index in [1.54, 1.807) is 6.92 Å². The molecule has 0 unspecified atom stereocenters. The molecule has 1 saturated heterocycles. The predicted octanol–water partition coefficient (Wildman–Crippen LogP) is 1.44. The summed E-state index contributed by atoms with van der Waals surface area (Å²) in [6.45, 7) is 4.29. The zero-order valence-electron chi connectivity index (χ0n) is 12.1. The van der Waals surface area contributed by atoms with Gasteiger partial charge < -0.3 is 10.1 Å². The van der Waals surface area contributed by atoms with Crippen molar-refractivity contribution in [3.63, 3.8) is 0 Å². The van der Waals surface area contributed by atoms with Gasteiger partial charge in [-0.15, -0.1) is 0 Å². The van der Waals surface area contributed by atoms with Crippen LogP contribution in [-0.4, -0.2) is 41.5 Å². The van der Waals surface area contributed by atoms with Gasteiger partial charge in [0.1, 0.15) is 5.54 Å². The van der Waals surface area contributed by atoms with Crippen LogP contribution in [0.5, 0.6) is 0 Å². The van der Waals surface area contributed by atoms with Crippen LogP contribution in [0.15, 0.2) is 0 Å². The maximum atomic E-state index is 12.5. The summed E-state index contributed by atoms with van der Waals surface area (Å²) in [5.74, 6) is 0.0314. The van der Waals surface area contributed by atoms with E-state index in [0.29, 0.717) is 25.4 Å². The Morgan fingerprint density at radius 1 is 1.40 bits per heavy atom. The van der Waals surface area contributed by atoms with Gasteiger partial charge in [0.25, 0.3) is 5.91 Å². The summed E-state index contributed by atoms with van der Waals surface area (Å²) in [5.41, 5.74) is -0.724. The number of nitrogens with one attached hydrogen (secondary N) is 1. The SMILES string of the molecule is CCOC(=O)CCN1C(=O)NC2(CCC(C)CC2)C1=O. The first-order valence-electron chi connectivity index (χ1n) is 7.28. The smallest absolute Gasteiger partial charge is 0.325 e. The average Bonchev–Trinajstić information content (AvgIpc) is 2.63. The molecule has 0 aromatic rings. The van der Waals surface area contributed by atoms with Crippen LogP contribution < -0.4 is 5.32 Å². The van der Waals surface area contributed by atoms with E-state index >= 15 is 0 Å². The summed E-state index contributed by atoms with van der Waals surface area (Å²) >= 11 is 0. The molecule has 0 bridgehead atoms. The van der Waals surface area contributed by atoms with Crippen LogP contribution in [0.25, 0.3) is 0 Å². The molecule has 0 atom stereocenters. The monoisotopic (exact) mass is 282 g/mol. The summed E-state index contributed by atoms with van der Waals surface area (Å²) in [4.78, 5) is 36.9. The van der Waals surface area contributed by atoms with Crippen molar-refractivity contribution in [2.75, 3.05) is 13.2 Å². The summed E-state index contributed by atoms with van der Waals surface area (Å²) in [5, 5.41) is 2.83. The maximum absolute atomic E-state index is 12.5. The van der Waals surface area contributed by atoms with E-state index in [9.17, 15) is 14.4 Å². The van der Waals surface area contributed by atoms with Gasteiger partial charge >= 0.3 is 12.0 Å². The van der Waals surface area contributed by atoms with Crippen molar-refractivity contribution in [2.24, 2.45) is 5.92 Å². The Bertz CT molecular complexity index is 413. The first-order valence-corrected chi connectivity index (χ1v) is 7.28. The molecule has 1 aliphatic carbocycles. The third-order valence-electron chi connectivity index (χ3n) is 4.22. The minimum Gasteiger partial charge on any atom is -0.466 e. The maximum Gasteiger partial charge on any atom is 0.325 e. The zero-order chi connectivity index (χ0) is 14.8. The van der Waals surface area contributed by atoms with Crippen LogP contribution in [0.3, 0.4) is 0 Å². The molecule has 20 heavy (non-hydrogen) atoms. The van der Waals surface area contributed by atoms with Gasteiger partial charge in [-0.25, -0.2) is 4.79 Å². The van der Waals surface area contributed by atoms with Crippen molar-refractivity contribution in [2.45, 2.75) is 51.5 Å². The third kappa shape index (κ3) is 2.78. The molecule has 2 rings (SSSR count). The lowest BCUT2D eigenvalue weighted by atomic mass is 9.77. The molecule has 1 aliphatic heterocycles. The standard InChI is InChI=1S/C14H22N2O4/c1-3-20-11(17)6-9-16-12(18)14(15-13(16)19)7-4-10(2)5-8-14/h10H,3-9H2,1-2H3,(H,15,19). The highest BCUT2D eigenvalue weighted by Crippen LogP contribution is 2.36. The molecule has 1 saturated carbocycles. The lowest BCUT2D eigenvalue weighted by Crippen LogP contribution is -2.49. The molecule has 0 radical (unpaired) electrons. The number of nitrogens with zero attached hydrogens (tertiary/aromatic N) is 1. The molecular weight excluding hydrogens is 260 g/mol. The Morgan fingerprint density at radius 2 is 2.05 bits per heavy atom. The fourth-order valence-corrected chi connectivity index (χ4v) is 2.91. The number of imide groups is 1. The Morgan fingerprint density at radius 3 is 2.65 bits per heavy atom. The van der Waals surface area contributed by atoms with E-state index in [2.05, 4.69) is 12.2 Å². The molecule has 6 nitrogen and oxygen atoms in total. The van der Waals surface area contributed by atoms with Gasteiger partial charge in [0.15, 0.2) is 0 Å². The Kier molecular flexibility index (Phi) is 4.30. The molecule has 1 heterocycles. The van der Waals surface area contributed by atoms with Crippen molar-refractivity contribution in [1.29, 1.82) is 0 Å². The van der Waals surface area contributed by atoms with Crippen molar-refractivity contribution in [3.8, 4) is 0 Å². The Hall–Kier alpha value is -1.59. The molecule has 112 valence electrons. The number of hydrogen-bond donors (Lipinski definition) is 1. The second-order valence-electron chi connectivity index (χ2n) is 5.71. The quantitative estimate of drug-likeness (QED) is 0.625. The summed E-state index contributed by atoms with van der Waals surface area (Å²) < 4.78 is 4.81. The summed E-state index contributed by atoms with van der Waals surface area (Å²) in [6, 6.07) is -0.381. The van der Waals surface area contributed by atoms with Crippen molar-refractivity contribution in [3.05, 3.63) is 0 Å². The van der Waals surface area contributed by atoms with Crippen LogP contribution in [-0.2, 0) is 14.3 Å². The third-order valence-corrected chi connectivity index (χ3v) is 4.22. The van der Waals surface area contributed by atoms with E-state index < -0.39 is 5.54 Å². The van der Waals surface area contributed by atoms with Crippen LogP contribution in [0.1, 0.15) is 46.0 Å². The molecular formula is C14H22N2O4. The molecule has 2 fully saturated rings. The molecule has 3 amide bonds. The fraction of sp³-hybridized carbons (Fsp3) is 0.786.